The second-order valence-corrected chi connectivity index (χ2v) is 3.87. The number of anilines is 1. The van der Waals surface area contributed by atoms with Crippen LogP contribution in [-0.4, -0.2) is 5.91 Å². The third kappa shape index (κ3) is 1.85. The first-order valence-corrected chi connectivity index (χ1v) is 4.95. The lowest BCUT2D eigenvalue weighted by Gasteiger charge is -2.19. The maximum atomic E-state index is 13.6. The van der Waals surface area contributed by atoms with Crippen molar-refractivity contribution < 1.29 is 9.18 Å². The zero-order chi connectivity index (χ0) is 11.0. The van der Waals surface area contributed by atoms with Crippen molar-refractivity contribution in [1.82, 2.24) is 0 Å². The number of rotatable bonds is 1. The van der Waals surface area contributed by atoms with Gasteiger partial charge in [0.05, 0.1) is 5.69 Å². The molecule has 0 saturated heterocycles. The molecule has 0 saturated carbocycles. The average Bonchev–Trinajstić information content (AvgIpc) is 2.18. The minimum Gasteiger partial charge on any atom is -0.324 e. The number of fused-ring (bicyclic) bond motifs is 1. The van der Waals surface area contributed by atoms with Crippen LogP contribution < -0.4 is 11.1 Å². The van der Waals surface area contributed by atoms with Gasteiger partial charge in [0.1, 0.15) is 5.82 Å². The van der Waals surface area contributed by atoms with Gasteiger partial charge in [-0.3, -0.25) is 4.79 Å². The van der Waals surface area contributed by atoms with E-state index in [1.807, 2.05) is 13.0 Å². The van der Waals surface area contributed by atoms with E-state index in [1.54, 1.807) is 0 Å². The molecule has 1 aromatic carbocycles. The number of aryl methyl sites for hydroxylation is 1. The summed E-state index contributed by atoms with van der Waals surface area (Å²) in [5, 5.41) is 2.54. The zero-order valence-electron chi connectivity index (χ0n) is 8.51. The summed E-state index contributed by atoms with van der Waals surface area (Å²) in [5.74, 6) is -0.525. The van der Waals surface area contributed by atoms with Gasteiger partial charge in [-0.25, -0.2) is 4.39 Å². The molecule has 1 heterocycles. The molecule has 1 aliphatic heterocycles. The van der Waals surface area contributed by atoms with Crippen molar-refractivity contribution in [2.45, 2.75) is 25.8 Å². The van der Waals surface area contributed by atoms with E-state index in [9.17, 15) is 9.18 Å². The average molecular weight is 208 g/mol. The predicted octanol–water partition coefficient (Wildman–Crippen LogP) is 1.73. The zero-order valence-corrected chi connectivity index (χ0v) is 8.51. The first kappa shape index (κ1) is 10.1. The molecule has 1 unspecified atom stereocenters. The van der Waals surface area contributed by atoms with Crippen LogP contribution in [0.15, 0.2) is 12.1 Å². The molecule has 80 valence electrons. The van der Waals surface area contributed by atoms with Crippen LogP contribution in [0.1, 0.15) is 30.5 Å². The molecule has 2 rings (SSSR count). The maximum Gasteiger partial charge on any atom is 0.224 e. The SMILES string of the molecule is CC(N)c1cc(F)c2c(c1)CCC(=O)N2. The molecule has 3 N–H and O–H groups in total. The fourth-order valence-electron chi connectivity index (χ4n) is 1.74. The molecule has 0 radical (unpaired) electrons. The largest absolute Gasteiger partial charge is 0.324 e. The van der Waals surface area contributed by atoms with E-state index < -0.39 is 5.82 Å². The number of nitrogens with two attached hydrogens (primary N) is 1. The summed E-state index contributed by atoms with van der Waals surface area (Å²) < 4.78 is 13.6. The van der Waals surface area contributed by atoms with E-state index in [2.05, 4.69) is 5.32 Å². The summed E-state index contributed by atoms with van der Waals surface area (Å²) >= 11 is 0. The van der Waals surface area contributed by atoms with Crippen molar-refractivity contribution in [2.24, 2.45) is 5.73 Å². The molecule has 0 aromatic heterocycles. The van der Waals surface area contributed by atoms with Crippen LogP contribution >= 0.6 is 0 Å². The third-order valence-electron chi connectivity index (χ3n) is 2.61. The topological polar surface area (TPSA) is 55.1 Å². The van der Waals surface area contributed by atoms with E-state index in [0.29, 0.717) is 18.5 Å². The molecule has 15 heavy (non-hydrogen) atoms. The van der Waals surface area contributed by atoms with Crippen LogP contribution in [0.25, 0.3) is 0 Å². The normalized spacial score (nSPS) is 16.9. The van der Waals surface area contributed by atoms with Gasteiger partial charge in [-0.1, -0.05) is 6.07 Å². The highest BCUT2D eigenvalue weighted by Crippen LogP contribution is 2.28. The molecule has 1 amide bonds. The van der Waals surface area contributed by atoms with Gasteiger partial charge >= 0.3 is 0 Å². The van der Waals surface area contributed by atoms with Gasteiger partial charge in [-0.05, 0) is 30.5 Å². The molecular weight excluding hydrogens is 195 g/mol. The van der Waals surface area contributed by atoms with Crippen molar-refractivity contribution in [3.63, 3.8) is 0 Å². The number of benzene rings is 1. The van der Waals surface area contributed by atoms with Gasteiger partial charge in [0.15, 0.2) is 0 Å². The van der Waals surface area contributed by atoms with Crippen LogP contribution in [-0.2, 0) is 11.2 Å². The Morgan fingerprint density at radius 1 is 1.47 bits per heavy atom. The first-order chi connectivity index (χ1) is 7.08. The van der Waals surface area contributed by atoms with Gasteiger partial charge in [0.25, 0.3) is 0 Å². The van der Waals surface area contributed by atoms with Gasteiger partial charge in [-0.2, -0.15) is 0 Å². The summed E-state index contributed by atoms with van der Waals surface area (Å²) in [5.41, 5.74) is 7.61. The van der Waals surface area contributed by atoms with Crippen molar-refractivity contribution in [1.29, 1.82) is 0 Å². The minimum absolute atomic E-state index is 0.130. The van der Waals surface area contributed by atoms with E-state index in [4.69, 9.17) is 5.73 Å². The minimum atomic E-state index is -0.396. The Hall–Kier alpha value is -1.42. The Morgan fingerprint density at radius 3 is 2.87 bits per heavy atom. The molecule has 0 fully saturated rings. The second-order valence-electron chi connectivity index (χ2n) is 3.87. The van der Waals surface area contributed by atoms with Crippen LogP contribution in [0.3, 0.4) is 0 Å². The summed E-state index contributed by atoms with van der Waals surface area (Å²) in [6, 6.07) is 3.06. The van der Waals surface area contributed by atoms with E-state index in [-0.39, 0.29) is 11.9 Å². The van der Waals surface area contributed by atoms with Gasteiger partial charge in [0.2, 0.25) is 5.91 Å². The van der Waals surface area contributed by atoms with Crippen molar-refractivity contribution in [2.75, 3.05) is 5.32 Å². The number of hydrogen-bond acceptors (Lipinski definition) is 2. The molecule has 4 heteroatoms. The third-order valence-corrected chi connectivity index (χ3v) is 2.61. The van der Waals surface area contributed by atoms with Crippen LogP contribution in [0, 0.1) is 5.82 Å². The molecule has 3 nitrogen and oxygen atoms in total. The molecule has 0 spiro atoms. The molecule has 1 atom stereocenters. The Labute approximate surface area is 87.5 Å². The number of carbonyl (C=O) groups excluding carboxylic acids is 1. The summed E-state index contributed by atoms with van der Waals surface area (Å²) in [7, 11) is 0. The molecule has 1 aliphatic rings. The molecule has 1 aromatic rings. The highest BCUT2D eigenvalue weighted by Gasteiger charge is 2.19. The lowest BCUT2D eigenvalue weighted by molar-refractivity contribution is -0.116. The fourth-order valence-corrected chi connectivity index (χ4v) is 1.74. The standard InChI is InChI=1S/C11H13FN2O/c1-6(13)8-4-7-2-3-10(15)14-11(7)9(12)5-8/h4-6H,2-3,13H2,1H3,(H,14,15). The quantitative estimate of drug-likeness (QED) is 0.738. The van der Waals surface area contributed by atoms with Gasteiger partial charge in [0, 0.05) is 12.5 Å². The maximum absolute atomic E-state index is 13.6. The highest BCUT2D eigenvalue weighted by molar-refractivity contribution is 5.94. The van der Waals surface area contributed by atoms with Gasteiger partial charge < -0.3 is 11.1 Å². The predicted molar refractivity (Wildman–Crippen MR) is 56.0 cm³/mol. The van der Waals surface area contributed by atoms with Crippen LogP contribution in [0.5, 0.6) is 0 Å². The number of amides is 1. The highest BCUT2D eigenvalue weighted by atomic mass is 19.1. The second kappa shape index (κ2) is 3.62. The number of halogens is 1. The van der Waals surface area contributed by atoms with E-state index in [0.717, 1.165) is 11.1 Å². The number of nitrogens with one attached hydrogen (secondary N) is 1. The molecular formula is C11H13FN2O. The first-order valence-electron chi connectivity index (χ1n) is 4.95. The molecule has 0 aliphatic carbocycles. The smallest absolute Gasteiger partial charge is 0.224 e. The Kier molecular flexibility index (Phi) is 2.44. The van der Waals surface area contributed by atoms with Crippen molar-refractivity contribution >= 4 is 11.6 Å². The monoisotopic (exact) mass is 208 g/mol. The number of carbonyl (C=O) groups is 1. The number of hydrogen-bond donors (Lipinski definition) is 2. The fraction of sp³-hybridized carbons (Fsp3) is 0.364. The Balaban J connectivity index is 2.47. The lowest BCUT2D eigenvalue weighted by Crippen LogP contribution is -2.21. The summed E-state index contributed by atoms with van der Waals surface area (Å²) in [6.07, 6.45) is 0.994. The van der Waals surface area contributed by atoms with Crippen molar-refractivity contribution in [3.05, 3.63) is 29.1 Å². The van der Waals surface area contributed by atoms with Crippen LogP contribution in [0.4, 0.5) is 10.1 Å². The molecule has 0 bridgehead atoms. The van der Waals surface area contributed by atoms with Gasteiger partial charge in [-0.15, -0.1) is 0 Å². The Morgan fingerprint density at radius 2 is 2.20 bits per heavy atom. The Bertz CT molecular complexity index is 415. The van der Waals surface area contributed by atoms with Crippen molar-refractivity contribution in [3.8, 4) is 0 Å². The summed E-state index contributed by atoms with van der Waals surface area (Å²) in [6.45, 7) is 1.81. The van der Waals surface area contributed by atoms with Crippen LogP contribution in [0.2, 0.25) is 0 Å². The van der Waals surface area contributed by atoms with E-state index >= 15 is 0 Å². The summed E-state index contributed by atoms with van der Waals surface area (Å²) in [4.78, 5) is 11.1. The lowest BCUT2D eigenvalue weighted by atomic mass is 9.97. The van der Waals surface area contributed by atoms with E-state index in [1.165, 1.54) is 6.07 Å².